The maximum atomic E-state index is 12.6. The van der Waals surface area contributed by atoms with Gasteiger partial charge in [-0.3, -0.25) is 0 Å². The van der Waals surface area contributed by atoms with Crippen LogP contribution in [0, 0.1) is 0 Å². The molecule has 3 aromatic rings. The number of anilines is 2. The topological polar surface area (TPSA) is 49.8 Å². The van der Waals surface area contributed by atoms with Gasteiger partial charge in [-0.05, 0) is 48.0 Å². The quantitative estimate of drug-likeness (QED) is 0.675. The zero-order chi connectivity index (χ0) is 18.2. The Morgan fingerprint density at radius 3 is 2.08 bits per heavy atom. The molecule has 0 aromatic heterocycles. The van der Waals surface area contributed by atoms with Crippen molar-refractivity contribution in [3.63, 3.8) is 0 Å². The zero-order valence-corrected chi connectivity index (χ0v) is 14.2. The third-order valence-electron chi connectivity index (χ3n) is 3.69. The summed E-state index contributed by atoms with van der Waals surface area (Å²) in [5, 5.41) is 9.46. The number of ether oxygens (including phenoxy) is 1. The van der Waals surface area contributed by atoms with Crippen LogP contribution < -0.4 is 4.90 Å². The van der Waals surface area contributed by atoms with Gasteiger partial charge in [0.05, 0.1) is 11.4 Å². The lowest BCUT2D eigenvalue weighted by atomic mass is 10.2. The lowest BCUT2D eigenvalue weighted by molar-refractivity contribution is 0.169. The van der Waals surface area contributed by atoms with Crippen molar-refractivity contribution >= 4 is 23.5 Å². The molecule has 0 heterocycles. The Hall–Kier alpha value is -3.53. The highest BCUT2D eigenvalue weighted by molar-refractivity contribution is 5.95. The molecule has 0 unspecified atom stereocenters. The largest absolute Gasteiger partial charge is 0.508 e. The summed E-state index contributed by atoms with van der Waals surface area (Å²) in [6, 6.07) is 25.6. The molecular formula is C22H19NO3. The standard InChI is InChI=1S/C22H19NO3/c24-21-15-7-9-18(17-21)10-8-16-26-22(25)23(19-11-3-1-4-12-19)20-13-5-2-6-14-20/h1-15,17,24H,16H2. The molecule has 4 heteroatoms. The van der Waals surface area contributed by atoms with Gasteiger partial charge in [0.25, 0.3) is 0 Å². The van der Waals surface area contributed by atoms with Crippen molar-refractivity contribution in [3.05, 3.63) is 96.6 Å². The number of phenolic OH excluding ortho intramolecular Hbond substituents is 1. The second-order valence-corrected chi connectivity index (χ2v) is 5.58. The van der Waals surface area contributed by atoms with E-state index in [1.165, 1.54) is 4.90 Å². The predicted octanol–water partition coefficient (Wildman–Crippen LogP) is 5.38. The van der Waals surface area contributed by atoms with E-state index in [0.29, 0.717) is 0 Å². The molecule has 0 saturated carbocycles. The van der Waals surface area contributed by atoms with Crippen molar-refractivity contribution in [2.75, 3.05) is 11.5 Å². The van der Waals surface area contributed by atoms with Crippen LogP contribution in [0.5, 0.6) is 5.75 Å². The highest BCUT2D eigenvalue weighted by Crippen LogP contribution is 2.25. The van der Waals surface area contributed by atoms with E-state index >= 15 is 0 Å². The van der Waals surface area contributed by atoms with E-state index < -0.39 is 6.09 Å². The number of carbonyl (C=O) groups is 1. The number of carbonyl (C=O) groups excluding carboxylic acids is 1. The minimum atomic E-state index is -0.456. The lowest BCUT2D eigenvalue weighted by Crippen LogP contribution is -2.26. The van der Waals surface area contributed by atoms with Crippen LogP contribution in [0.3, 0.4) is 0 Å². The van der Waals surface area contributed by atoms with E-state index in [1.807, 2.05) is 66.7 Å². The van der Waals surface area contributed by atoms with Gasteiger partial charge in [-0.1, -0.05) is 54.6 Å². The summed E-state index contributed by atoms with van der Waals surface area (Å²) in [7, 11) is 0. The van der Waals surface area contributed by atoms with Crippen LogP contribution in [-0.4, -0.2) is 17.8 Å². The number of para-hydroxylation sites is 2. The van der Waals surface area contributed by atoms with Gasteiger partial charge in [0.1, 0.15) is 12.4 Å². The summed E-state index contributed by atoms with van der Waals surface area (Å²) in [5.74, 6) is 0.198. The van der Waals surface area contributed by atoms with Crippen LogP contribution in [0.15, 0.2) is 91.0 Å². The van der Waals surface area contributed by atoms with Crippen molar-refractivity contribution in [1.29, 1.82) is 0 Å². The smallest absolute Gasteiger partial charge is 0.419 e. The Bertz CT molecular complexity index is 837. The molecule has 0 saturated heterocycles. The summed E-state index contributed by atoms with van der Waals surface area (Å²) >= 11 is 0. The molecule has 0 spiro atoms. The van der Waals surface area contributed by atoms with Crippen LogP contribution in [0.4, 0.5) is 16.2 Å². The molecule has 130 valence electrons. The summed E-state index contributed by atoms with van der Waals surface area (Å²) in [6.07, 6.45) is 3.08. The fraction of sp³-hybridized carbons (Fsp3) is 0.0455. The van der Waals surface area contributed by atoms with E-state index in [0.717, 1.165) is 16.9 Å². The summed E-state index contributed by atoms with van der Waals surface area (Å²) in [5.41, 5.74) is 2.31. The predicted molar refractivity (Wildman–Crippen MR) is 104 cm³/mol. The monoisotopic (exact) mass is 345 g/mol. The number of amides is 1. The van der Waals surface area contributed by atoms with Gasteiger partial charge >= 0.3 is 6.09 Å². The average Bonchev–Trinajstić information content (AvgIpc) is 2.67. The molecule has 0 radical (unpaired) electrons. The first kappa shape index (κ1) is 17.3. The Morgan fingerprint density at radius 1 is 0.885 bits per heavy atom. The highest BCUT2D eigenvalue weighted by atomic mass is 16.6. The maximum absolute atomic E-state index is 12.6. The van der Waals surface area contributed by atoms with Crippen molar-refractivity contribution in [1.82, 2.24) is 0 Å². The Morgan fingerprint density at radius 2 is 1.50 bits per heavy atom. The minimum Gasteiger partial charge on any atom is -0.508 e. The van der Waals surface area contributed by atoms with Gasteiger partial charge in [0.2, 0.25) is 0 Å². The average molecular weight is 345 g/mol. The summed E-state index contributed by atoms with van der Waals surface area (Å²) < 4.78 is 5.40. The number of hydrogen-bond acceptors (Lipinski definition) is 3. The number of hydrogen-bond donors (Lipinski definition) is 1. The molecule has 0 aliphatic heterocycles. The highest BCUT2D eigenvalue weighted by Gasteiger charge is 2.18. The molecule has 0 aliphatic rings. The van der Waals surface area contributed by atoms with Crippen molar-refractivity contribution < 1.29 is 14.6 Å². The first-order chi connectivity index (χ1) is 12.7. The Balaban J connectivity index is 1.70. The van der Waals surface area contributed by atoms with Crippen LogP contribution in [0.2, 0.25) is 0 Å². The molecule has 26 heavy (non-hydrogen) atoms. The van der Waals surface area contributed by atoms with Crippen LogP contribution in [-0.2, 0) is 4.74 Å². The number of benzene rings is 3. The van der Waals surface area contributed by atoms with Gasteiger partial charge in [0, 0.05) is 0 Å². The van der Waals surface area contributed by atoms with E-state index in [-0.39, 0.29) is 12.4 Å². The lowest BCUT2D eigenvalue weighted by Gasteiger charge is -2.22. The van der Waals surface area contributed by atoms with Gasteiger partial charge in [-0.2, -0.15) is 0 Å². The molecule has 0 fully saturated rings. The molecule has 0 bridgehead atoms. The Labute approximate surface area is 152 Å². The molecule has 4 nitrogen and oxygen atoms in total. The fourth-order valence-corrected chi connectivity index (χ4v) is 2.51. The van der Waals surface area contributed by atoms with Crippen molar-refractivity contribution in [2.24, 2.45) is 0 Å². The molecule has 1 N–H and O–H groups in total. The first-order valence-corrected chi connectivity index (χ1v) is 8.26. The summed E-state index contributed by atoms with van der Waals surface area (Å²) in [6.45, 7) is 0.130. The zero-order valence-electron chi connectivity index (χ0n) is 14.2. The number of rotatable bonds is 5. The van der Waals surface area contributed by atoms with Crippen LogP contribution in [0.1, 0.15) is 5.56 Å². The van der Waals surface area contributed by atoms with Crippen LogP contribution in [0.25, 0.3) is 6.08 Å². The van der Waals surface area contributed by atoms with Crippen molar-refractivity contribution in [3.8, 4) is 5.75 Å². The van der Waals surface area contributed by atoms with Gasteiger partial charge in [-0.15, -0.1) is 0 Å². The van der Waals surface area contributed by atoms with Crippen LogP contribution >= 0.6 is 0 Å². The number of phenols is 1. The number of aromatic hydroxyl groups is 1. The molecular weight excluding hydrogens is 326 g/mol. The molecule has 0 atom stereocenters. The van der Waals surface area contributed by atoms with E-state index in [4.69, 9.17) is 4.74 Å². The van der Waals surface area contributed by atoms with Crippen molar-refractivity contribution in [2.45, 2.75) is 0 Å². The second kappa shape index (κ2) is 8.53. The maximum Gasteiger partial charge on any atom is 0.419 e. The normalized spacial score (nSPS) is 10.6. The second-order valence-electron chi connectivity index (χ2n) is 5.58. The molecule has 3 rings (SSSR count). The van der Waals surface area contributed by atoms with E-state index in [1.54, 1.807) is 30.4 Å². The fourth-order valence-electron chi connectivity index (χ4n) is 2.51. The minimum absolute atomic E-state index is 0.130. The third-order valence-corrected chi connectivity index (χ3v) is 3.69. The SMILES string of the molecule is O=C(OCC=Cc1cccc(O)c1)N(c1ccccc1)c1ccccc1. The van der Waals surface area contributed by atoms with E-state index in [2.05, 4.69) is 0 Å². The van der Waals surface area contributed by atoms with Gasteiger partial charge in [0.15, 0.2) is 0 Å². The van der Waals surface area contributed by atoms with Gasteiger partial charge < -0.3 is 9.84 Å². The molecule has 1 amide bonds. The van der Waals surface area contributed by atoms with Gasteiger partial charge in [-0.25, -0.2) is 9.69 Å². The van der Waals surface area contributed by atoms with E-state index in [9.17, 15) is 9.90 Å². The number of nitrogens with zero attached hydrogens (tertiary/aromatic N) is 1. The first-order valence-electron chi connectivity index (χ1n) is 8.26. The molecule has 3 aromatic carbocycles. The summed E-state index contributed by atoms with van der Waals surface area (Å²) in [4.78, 5) is 14.2. The third kappa shape index (κ3) is 4.51. The molecule has 0 aliphatic carbocycles. The Kier molecular flexibility index (Phi) is 5.68.